The van der Waals surface area contributed by atoms with Crippen molar-refractivity contribution in [2.24, 2.45) is 0 Å². The quantitative estimate of drug-likeness (QED) is 0.559. The second kappa shape index (κ2) is 9.49. The summed E-state index contributed by atoms with van der Waals surface area (Å²) in [6.07, 6.45) is 4.53. The predicted octanol–water partition coefficient (Wildman–Crippen LogP) is 3.12. The largest absolute Gasteiger partial charge is 0.382 e. The molecule has 0 aliphatic rings. The van der Waals surface area contributed by atoms with Crippen LogP contribution in [-0.2, 0) is 9.53 Å². The lowest BCUT2D eigenvalue weighted by Gasteiger charge is -2.10. The van der Waals surface area contributed by atoms with E-state index in [9.17, 15) is 4.79 Å². The van der Waals surface area contributed by atoms with Crippen LogP contribution in [0.4, 0.5) is 0 Å². The summed E-state index contributed by atoms with van der Waals surface area (Å²) >= 11 is 1.45. The summed E-state index contributed by atoms with van der Waals surface area (Å²) < 4.78 is 7.27. The SMILES string of the molecule is CCOCCCNC(=O)CSc1nccn1-c1cc(C)cc(C)c1. The van der Waals surface area contributed by atoms with E-state index in [-0.39, 0.29) is 5.91 Å². The number of ether oxygens (including phenoxy) is 1. The summed E-state index contributed by atoms with van der Waals surface area (Å²) in [5, 5.41) is 3.73. The van der Waals surface area contributed by atoms with Gasteiger partial charge in [0.05, 0.1) is 5.75 Å². The Hall–Kier alpha value is -1.79. The van der Waals surface area contributed by atoms with E-state index in [1.54, 1.807) is 6.20 Å². The highest BCUT2D eigenvalue weighted by atomic mass is 32.2. The number of aryl methyl sites for hydroxylation is 2. The summed E-state index contributed by atoms with van der Waals surface area (Å²) in [5.74, 6) is 0.377. The number of hydrogen-bond donors (Lipinski definition) is 1. The summed E-state index contributed by atoms with van der Waals surface area (Å²) in [5.41, 5.74) is 3.49. The highest BCUT2D eigenvalue weighted by molar-refractivity contribution is 7.99. The van der Waals surface area contributed by atoms with E-state index in [1.165, 1.54) is 22.9 Å². The first-order chi connectivity index (χ1) is 11.6. The number of thioether (sulfide) groups is 1. The van der Waals surface area contributed by atoms with Crippen molar-refractivity contribution in [3.05, 3.63) is 41.7 Å². The summed E-state index contributed by atoms with van der Waals surface area (Å²) in [4.78, 5) is 16.3. The van der Waals surface area contributed by atoms with E-state index < -0.39 is 0 Å². The smallest absolute Gasteiger partial charge is 0.230 e. The topological polar surface area (TPSA) is 56.1 Å². The number of amides is 1. The van der Waals surface area contributed by atoms with E-state index in [4.69, 9.17) is 4.74 Å². The van der Waals surface area contributed by atoms with Gasteiger partial charge in [0.1, 0.15) is 0 Å². The molecule has 0 unspecified atom stereocenters. The molecule has 0 aliphatic carbocycles. The molecule has 0 saturated carbocycles. The molecule has 130 valence electrons. The maximum atomic E-state index is 11.9. The molecule has 0 fully saturated rings. The van der Waals surface area contributed by atoms with Crippen molar-refractivity contribution in [3.63, 3.8) is 0 Å². The van der Waals surface area contributed by atoms with Crippen LogP contribution in [0.15, 0.2) is 35.7 Å². The van der Waals surface area contributed by atoms with Crippen LogP contribution in [0.5, 0.6) is 0 Å². The molecule has 0 bridgehead atoms. The van der Waals surface area contributed by atoms with E-state index in [0.717, 1.165) is 17.3 Å². The van der Waals surface area contributed by atoms with Gasteiger partial charge < -0.3 is 10.1 Å². The van der Waals surface area contributed by atoms with Crippen molar-refractivity contribution < 1.29 is 9.53 Å². The van der Waals surface area contributed by atoms with Gasteiger partial charge in [-0.1, -0.05) is 17.8 Å². The van der Waals surface area contributed by atoms with E-state index in [1.807, 2.05) is 17.7 Å². The second-order valence-electron chi connectivity index (χ2n) is 5.61. The zero-order valence-electron chi connectivity index (χ0n) is 14.5. The van der Waals surface area contributed by atoms with Crippen LogP contribution in [0.1, 0.15) is 24.5 Å². The molecule has 1 aromatic carbocycles. The zero-order chi connectivity index (χ0) is 17.4. The Morgan fingerprint density at radius 1 is 1.29 bits per heavy atom. The maximum absolute atomic E-state index is 11.9. The van der Waals surface area contributed by atoms with Crippen molar-refractivity contribution in [1.82, 2.24) is 14.9 Å². The predicted molar refractivity (Wildman–Crippen MR) is 97.9 cm³/mol. The molecular weight excluding hydrogens is 322 g/mol. The Labute approximate surface area is 147 Å². The first kappa shape index (κ1) is 18.5. The van der Waals surface area contributed by atoms with Crippen LogP contribution in [0, 0.1) is 13.8 Å². The van der Waals surface area contributed by atoms with Gasteiger partial charge in [0, 0.05) is 37.8 Å². The number of aromatic nitrogens is 2. The molecule has 1 heterocycles. The van der Waals surface area contributed by atoms with Crippen molar-refractivity contribution in [2.45, 2.75) is 32.3 Å². The summed E-state index contributed by atoms with van der Waals surface area (Å²) in [7, 11) is 0. The van der Waals surface area contributed by atoms with E-state index in [0.29, 0.717) is 25.5 Å². The van der Waals surface area contributed by atoms with Gasteiger partial charge in [0.2, 0.25) is 5.91 Å². The Balaban J connectivity index is 1.88. The summed E-state index contributed by atoms with van der Waals surface area (Å²) in [6, 6.07) is 6.38. The minimum absolute atomic E-state index is 0.0199. The molecule has 1 N–H and O–H groups in total. The third-order valence-electron chi connectivity index (χ3n) is 3.42. The Morgan fingerprint density at radius 3 is 2.75 bits per heavy atom. The number of hydrogen-bond acceptors (Lipinski definition) is 4. The maximum Gasteiger partial charge on any atom is 0.230 e. The minimum atomic E-state index is 0.0199. The molecule has 24 heavy (non-hydrogen) atoms. The van der Waals surface area contributed by atoms with Crippen LogP contribution in [0.3, 0.4) is 0 Å². The lowest BCUT2D eigenvalue weighted by molar-refractivity contribution is -0.118. The molecule has 1 amide bonds. The van der Waals surface area contributed by atoms with Crippen LogP contribution in [-0.4, -0.2) is 41.0 Å². The van der Waals surface area contributed by atoms with Crippen molar-refractivity contribution in [1.29, 1.82) is 0 Å². The Kier molecular flexibility index (Phi) is 7.34. The van der Waals surface area contributed by atoms with E-state index in [2.05, 4.69) is 42.3 Å². The number of carbonyl (C=O) groups excluding carboxylic acids is 1. The third-order valence-corrected chi connectivity index (χ3v) is 4.38. The number of benzene rings is 1. The number of carbonyl (C=O) groups is 1. The first-order valence-corrected chi connectivity index (χ1v) is 9.18. The lowest BCUT2D eigenvalue weighted by Crippen LogP contribution is -2.27. The molecular formula is C18H25N3O2S. The van der Waals surface area contributed by atoms with Crippen LogP contribution in [0.2, 0.25) is 0 Å². The molecule has 6 heteroatoms. The fourth-order valence-electron chi connectivity index (χ4n) is 2.41. The zero-order valence-corrected chi connectivity index (χ0v) is 15.4. The highest BCUT2D eigenvalue weighted by Crippen LogP contribution is 2.22. The second-order valence-corrected chi connectivity index (χ2v) is 6.56. The molecule has 0 saturated heterocycles. The Morgan fingerprint density at radius 2 is 2.04 bits per heavy atom. The number of rotatable bonds is 9. The van der Waals surface area contributed by atoms with Gasteiger partial charge in [0.25, 0.3) is 0 Å². The molecule has 2 rings (SSSR count). The number of nitrogens with zero attached hydrogens (tertiary/aromatic N) is 2. The summed E-state index contributed by atoms with van der Waals surface area (Å²) in [6.45, 7) is 8.16. The monoisotopic (exact) mass is 347 g/mol. The van der Waals surface area contributed by atoms with Crippen molar-refractivity contribution in [3.8, 4) is 5.69 Å². The van der Waals surface area contributed by atoms with Crippen LogP contribution >= 0.6 is 11.8 Å². The van der Waals surface area contributed by atoms with Crippen LogP contribution in [0.25, 0.3) is 5.69 Å². The van der Waals surface area contributed by atoms with Gasteiger partial charge in [-0.05, 0) is 50.5 Å². The standard InChI is InChI=1S/C18H25N3O2S/c1-4-23-9-5-6-19-17(22)13-24-18-20-7-8-21(18)16-11-14(2)10-15(3)12-16/h7-8,10-12H,4-6,9,13H2,1-3H3,(H,19,22). The van der Waals surface area contributed by atoms with Gasteiger partial charge in [0.15, 0.2) is 5.16 Å². The van der Waals surface area contributed by atoms with Gasteiger partial charge in [-0.25, -0.2) is 4.98 Å². The Bertz CT molecular complexity index is 650. The third kappa shape index (κ3) is 5.69. The molecule has 0 atom stereocenters. The fourth-order valence-corrected chi connectivity index (χ4v) is 3.21. The van der Waals surface area contributed by atoms with Crippen molar-refractivity contribution in [2.75, 3.05) is 25.5 Å². The molecule has 2 aromatic rings. The minimum Gasteiger partial charge on any atom is -0.382 e. The van der Waals surface area contributed by atoms with Gasteiger partial charge in [-0.2, -0.15) is 0 Å². The normalized spacial score (nSPS) is 10.8. The van der Waals surface area contributed by atoms with Crippen LogP contribution < -0.4 is 5.32 Å². The van der Waals surface area contributed by atoms with E-state index >= 15 is 0 Å². The molecule has 0 spiro atoms. The van der Waals surface area contributed by atoms with Gasteiger partial charge in [-0.3, -0.25) is 9.36 Å². The molecule has 5 nitrogen and oxygen atoms in total. The average Bonchev–Trinajstić information content (AvgIpc) is 3.00. The molecule has 0 radical (unpaired) electrons. The van der Waals surface area contributed by atoms with Gasteiger partial charge >= 0.3 is 0 Å². The first-order valence-electron chi connectivity index (χ1n) is 8.19. The number of nitrogens with one attached hydrogen (secondary N) is 1. The van der Waals surface area contributed by atoms with Gasteiger partial charge in [-0.15, -0.1) is 0 Å². The number of imidazole rings is 1. The average molecular weight is 347 g/mol. The fraction of sp³-hybridized carbons (Fsp3) is 0.444. The molecule has 0 aliphatic heterocycles. The van der Waals surface area contributed by atoms with Crippen molar-refractivity contribution >= 4 is 17.7 Å². The lowest BCUT2D eigenvalue weighted by atomic mass is 10.1. The highest BCUT2D eigenvalue weighted by Gasteiger charge is 2.09. The molecule has 1 aromatic heterocycles.